The fourth-order valence-electron chi connectivity index (χ4n) is 3.54. The van der Waals surface area contributed by atoms with Crippen molar-refractivity contribution in [2.75, 3.05) is 13.2 Å². The molecule has 0 saturated heterocycles. The van der Waals surface area contributed by atoms with Crippen LogP contribution in [0.2, 0.25) is 0 Å². The standard InChI is InChI=1S/C21H23NO4/c1-4-22(21(2,3)19(23)24)20(25)26-13-18-16-11-7-5-9-14(16)15-10-6-8-12-17(15)18/h5-12,18H,4,13H2,1-3H3,(H,23,24). The third-order valence-corrected chi connectivity index (χ3v) is 5.07. The van der Waals surface area contributed by atoms with E-state index in [9.17, 15) is 14.7 Å². The Kier molecular flexibility index (Phi) is 4.72. The number of fused-ring (bicyclic) bond motifs is 3. The molecule has 26 heavy (non-hydrogen) atoms. The molecule has 2 aromatic rings. The lowest BCUT2D eigenvalue weighted by Crippen LogP contribution is -2.53. The quantitative estimate of drug-likeness (QED) is 0.878. The van der Waals surface area contributed by atoms with Crippen LogP contribution in [0.3, 0.4) is 0 Å². The van der Waals surface area contributed by atoms with Gasteiger partial charge in [0.15, 0.2) is 0 Å². The second-order valence-corrected chi connectivity index (χ2v) is 6.91. The molecule has 1 aliphatic rings. The van der Waals surface area contributed by atoms with Crippen LogP contribution < -0.4 is 0 Å². The number of hydrogen-bond acceptors (Lipinski definition) is 3. The van der Waals surface area contributed by atoms with Gasteiger partial charge in [-0.1, -0.05) is 48.5 Å². The maximum absolute atomic E-state index is 12.5. The van der Waals surface area contributed by atoms with Crippen molar-refractivity contribution in [2.45, 2.75) is 32.2 Å². The summed E-state index contributed by atoms with van der Waals surface area (Å²) < 4.78 is 5.55. The zero-order valence-corrected chi connectivity index (χ0v) is 15.2. The molecule has 1 amide bonds. The molecule has 0 fully saturated rings. The third-order valence-electron chi connectivity index (χ3n) is 5.07. The average Bonchev–Trinajstić information content (AvgIpc) is 2.94. The van der Waals surface area contributed by atoms with Crippen LogP contribution in [0.4, 0.5) is 4.79 Å². The topological polar surface area (TPSA) is 66.8 Å². The van der Waals surface area contributed by atoms with Gasteiger partial charge in [-0.05, 0) is 43.0 Å². The highest BCUT2D eigenvalue weighted by Gasteiger charge is 2.38. The zero-order chi connectivity index (χ0) is 18.9. The summed E-state index contributed by atoms with van der Waals surface area (Å²) in [5.74, 6) is -1.11. The van der Waals surface area contributed by atoms with E-state index in [1.54, 1.807) is 6.92 Å². The zero-order valence-electron chi connectivity index (χ0n) is 15.2. The van der Waals surface area contributed by atoms with Crippen molar-refractivity contribution in [1.29, 1.82) is 0 Å². The average molecular weight is 353 g/mol. The highest BCUT2D eigenvalue weighted by molar-refractivity contribution is 5.84. The molecule has 0 atom stereocenters. The van der Waals surface area contributed by atoms with Gasteiger partial charge in [0.25, 0.3) is 0 Å². The predicted octanol–water partition coefficient (Wildman–Crippen LogP) is 4.12. The minimum Gasteiger partial charge on any atom is -0.480 e. The molecule has 5 heteroatoms. The van der Waals surface area contributed by atoms with Crippen LogP contribution in [0.15, 0.2) is 48.5 Å². The lowest BCUT2D eigenvalue weighted by Gasteiger charge is -2.33. The Morgan fingerprint density at radius 1 is 1.04 bits per heavy atom. The van der Waals surface area contributed by atoms with Crippen molar-refractivity contribution < 1.29 is 19.4 Å². The lowest BCUT2D eigenvalue weighted by atomic mass is 9.98. The Balaban J connectivity index is 1.82. The number of nitrogens with zero attached hydrogens (tertiary/aromatic N) is 1. The van der Waals surface area contributed by atoms with Crippen LogP contribution in [0.25, 0.3) is 11.1 Å². The van der Waals surface area contributed by atoms with E-state index in [4.69, 9.17) is 4.74 Å². The van der Waals surface area contributed by atoms with Crippen molar-refractivity contribution in [3.63, 3.8) is 0 Å². The number of rotatable bonds is 5. The maximum Gasteiger partial charge on any atom is 0.410 e. The summed E-state index contributed by atoms with van der Waals surface area (Å²) in [5, 5.41) is 9.38. The van der Waals surface area contributed by atoms with Crippen LogP contribution in [-0.2, 0) is 9.53 Å². The molecular weight excluding hydrogens is 330 g/mol. The second kappa shape index (κ2) is 6.83. The first-order chi connectivity index (χ1) is 12.4. The Morgan fingerprint density at radius 2 is 1.54 bits per heavy atom. The molecule has 0 heterocycles. The lowest BCUT2D eigenvalue weighted by molar-refractivity contribution is -0.148. The first kappa shape index (κ1) is 18.0. The van der Waals surface area contributed by atoms with Gasteiger partial charge in [0.1, 0.15) is 12.1 Å². The Morgan fingerprint density at radius 3 is 2.00 bits per heavy atom. The van der Waals surface area contributed by atoms with Gasteiger partial charge in [0.05, 0.1) is 0 Å². The fraction of sp³-hybridized carbons (Fsp3) is 0.333. The van der Waals surface area contributed by atoms with Crippen LogP contribution in [0.5, 0.6) is 0 Å². The summed E-state index contributed by atoms with van der Waals surface area (Å²) in [7, 11) is 0. The Labute approximate surface area is 153 Å². The van der Waals surface area contributed by atoms with Crippen LogP contribution in [0, 0.1) is 0 Å². The highest BCUT2D eigenvalue weighted by atomic mass is 16.6. The molecule has 136 valence electrons. The van der Waals surface area contributed by atoms with E-state index in [1.165, 1.54) is 18.7 Å². The van der Waals surface area contributed by atoms with Crippen molar-refractivity contribution >= 4 is 12.1 Å². The van der Waals surface area contributed by atoms with E-state index >= 15 is 0 Å². The molecule has 0 radical (unpaired) electrons. The van der Waals surface area contributed by atoms with E-state index in [0.29, 0.717) is 0 Å². The van der Waals surface area contributed by atoms with E-state index in [1.807, 2.05) is 36.4 Å². The number of aliphatic carboxylic acids is 1. The van der Waals surface area contributed by atoms with Gasteiger partial charge in [0, 0.05) is 12.5 Å². The molecule has 0 aliphatic heterocycles. The third kappa shape index (κ3) is 2.94. The molecule has 0 unspecified atom stereocenters. The summed E-state index contributed by atoms with van der Waals surface area (Å²) in [6.07, 6.45) is -0.609. The number of amides is 1. The van der Waals surface area contributed by atoms with Gasteiger partial charge in [0.2, 0.25) is 0 Å². The van der Waals surface area contributed by atoms with Gasteiger partial charge >= 0.3 is 12.1 Å². The number of carboxylic acid groups (broad SMARTS) is 1. The van der Waals surface area contributed by atoms with Crippen molar-refractivity contribution in [3.05, 3.63) is 59.7 Å². The molecule has 0 saturated carbocycles. The molecule has 3 rings (SSSR count). The van der Waals surface area contributed by atoms with Crippen LogP contribution in [-0.4, -0.2) is 40.8 Å². The van der Waals surface area contributed by atoms with Crippen LogP contribution in [0.1, 0.15) is 37.8 Å². The number of carbonyl (C=O) groups excluding carboxylic acids is 1. The normalized spacial score (nSPS) is 13.0. The Bertz CT molecular complexity index is 798. The first-order valence-corrected chi connectivity index (χ1v) is 8.74. The Hall–Kier alpha value is -2.82. The van der Waals surface area contributed by atoms with Crippen molar-refractivity contribution in [2.24, 2.45) is 0 Å². The van der Waals surface area contributed by atoms with Crippen LogP contribution >= 0.6 is 0 Å². The summed E-state index contributed by atoms with van der Waals surface area (Å²) in [5.41, 5.74) is 3.24. The largest absolute Gasteiger partial charge is 0.480 e. The van der Waals surface area contributed by atoms with E-state index in [0.717, 1.165) is 22.3 Å². The predicted molar refractivity (Wildman–Crippen MR) is 99.2 cm³/mol. The SMILES string of the molecule is CCN(C(=O)OCC1c2ccccc2-c2ccccc21)C(C)(C)C(=O)O. The van der Waals surface area contributed by atoms with E-state index in [2.05, 4.69) is 12.1 Å². The molecule has 5 nitrogen and oxygen atoms in total. The number of hydrogen-bond donors (Lipinski definition) is 1. The summed E-state index contributed by atoms with van der Waals surface area (Å²) >= 11 is 0. The van der Waals surface area contributed by atoms with Crippen molar-refractivity contribution in [3.8, 4) is 11.1 Å². The second-order valence-electron chi connectivity index (χ2n) is 6.91. The van der Waals surface area contributed by atoms with E-state index < -0.39 is 17.6 Å². The number of carboxylic acids is 1. The summed E-state index contributed by atoms with van der Waals surface area (Å²) in [4.78, 5) is 25.2. The number of ether oxygens (including phenoxy) is 1. The first-order valence-electron chi connectivity index (χ1n) is 8.74. The smallest absolute Gasteiger partial charge is 0.410 e. The summed E-state index contributed by atoms with van der Waals surface area (Å²) in [6.45, 7) is 5.18. The van der Waals surface area contributed by atoms with Crippen molar-refractivity contribution in [1.82, 2.24) is 4.90 Å². The molecule has 0 bridgehead atoms. The van der Waals surface area contributed by atoms with Gasteiger partial charge < -0.3 is 9.84 Å². The highest BCUT2D eigenvalue weighted by Crippen LogP contribution is 2.44. The molecule has 0 aromatic heterocycles. The minimum absolute atomic E-state index is 0.0435. The van der Waals surface area contributed by atoms with Gasteiger partial charge in [-0.25, -0.2) is 9.59 Å². The minimum atomic E-state index is -1.32. The molecular formula is C21H23NO4. The maximum atomic E-state index is 12.5. The van der Waals surface area contributed by atoms with Gasteiger partial charge in [-0.3, -0.25) is 4.90 Å². The summed E-state index contributed by atoms with van der Waals surface area (Å²) in [6, 6.07) is 16.2. The number of carbonyl (C=O) groups is 2. The molecule has 2 aromatic carbocycles. The number of benzene rings is 2. The number of likely N-dealkylation sites (N-methyl/N-ethyl adjacent to an activating group) is 1. The fourth-order valence-corrected chi connectivity index (χ4v) is 3.54. The van der Waals surface area contributed by atoms with E-state index in [-0.39, 0.29) is 19.1 Å². The van der Waals surface area contributed by atoms with Gasteiger partial charge in [-0.2, -0.15) is 0 Å². The molecule has 1 N–H and O–H groups in total. The molecule has 0 spiro atoms. The molecule has 1 aliphatic carbocycles. The monoisotopic (exact) mass is 353 g/mol. The van der Waals surface area contributed by atoms with Gasteiger partial charge in [-0.15, -0.1) is 0 Å².